The van der Waals surface area contributed by atoms with Crippen molar-refractivity contribution in [3.63, 3.8) is 0 Å². The van der Waals surface area contributed by atoms with Crippen LogP contribution in [0.2, 0.25) is 0 Å². The van der Waals surface area contributed by atoms with Gasteiger partial charge in [0.15, 0.2) is 0 Å². The molecule has 2 aromatic rings. The first-order chi connectivity index (χ1) is 10.2. The second kappa shape index (κ2) is 7.25. The fourth-order valence-corrected chi connectivity index (χ4v) is 1.78. The molecule has 0 saturated heterocycles. The minimum Gasteiger partial charge on any atom is -0.439 e. The summed E-state index contributed by atoms with van der Waals surface area (Å²) in [6, 6.07) is 10.9. The molecule has 0 amide bonds. The molecule has 5 nitrogen and oxygen atoms in total. The summed E-state index contributed by atoms with van der Waals surface area (Å²) in [5.41, 5.74) is 0.557. The van der Waals surface area contributed by atoms with E-state index in [0.717, 1.165) is 31.0 Å². The van der Waals surface area contributed by atoms with Gasteiger partial charge in [0.1, 0.15) is 17.4 Å². The van der Waals surface area contributed by atoms with Crippen molar-refractivity contribution in [2.75, 3.05) is 11.9 Å². The number of nitrogens with one attached hydrogen (secondary N) is 1. The number of rotatable bonds is 6. The Kier molecular flexibility index (Phi) is 5.10. The summed E-state index contributed by atoms with van der Waals surface area (Å²) in [5, 5.41) is 12.1. The predicted molar refractivity (Wildman–Crippen MR) is 81.4 cm³/mol. The molecular weight excluding hydrogens is 264 g/mol. The third kappa shape index (κ3) is 4.18. The molecule has 0 radical (unpaired) electrons. The largest absolute Gasteiger partial charge is 0.439 e. The van der Waals surface area contributed by atoms with Gasteiger partial charge >= 0.3 is 0 Å². The number of nitrogens with zero attached hydrogens (tertiary/aromatic N) is 3. The Morgan fingerprint density at radius 1 is 1.24 bits per heavy atom. The molecule has 0 bridgehead atoms. The van der Waals surface area contributed by atoms with Crippen molar-refractivity contribution in [3.05, 3.63) is 41.7 Å². The van der Waals surface area contributed by atoms with Crippen LogP contribution in [0.3, 0.4) is 0 Å². The summed E-state index contributed by atoms with van der Waals surface area (Å²) in [5.74, 6) is 2.56. The topological polar surface area (TPSA) is 70.8 Å². The lowest BCUT2D eigenvalue weighted by Crippen LogP contribution is -2.05. The van der Waals surface area contributed by atoms with Crippen LogP contribution in [-0.2, 0) is 6.42 Å². The minimum atomic E-state index is 0.482. The minimum absolute atomic E-state index is 0.482. The number of hydrogen-bond donors (Lipinski definition) is 1. The molecule has 0 fully saturated rings. The molecule has 0 aliphatic carbocycles. The number of aryl methyl sites for hydroxylation is 1. The van der Waals surface area contributed by atoms with Gasteiger partial charge in [-0.1, -0.05) is 19.9 Å². The van der Waals surface area contributed by atoms with Gasteiger partial charge in [-0.15, -0.1) is 0 Å². The highest BCUT2D eigenvalue weighted by atomic mass is 16.5. The lowest BCUT2D eigenvalue weighted by atomic mass is 10.2. The van der Waals surface area contributed by atoms with Gasteiger partial charge in [-0.3, -0.25) is 0 Å². The number of ether oxygens (including phenoxy) is 1. The molecule has 2 rings (SSSR count). The van der Waals surface area contributed by atoms with Crippen molar-refractivity contribution in [2.24, 2.45) is 0 Å². The lowest BCUT2D eigenvalue weighted by Gasteiger charge is -2.09. The Balaban J connectivity index is 2.23. The van der Waals surface area contributed by atoms with Crippen LogP contribution in [-0.4, -0.2) is 16.5 Å². The van der Waals surface area contributed by atoms with Gasteiger partial charge in [-0.05, 0) is 24.6 Å². The smallest absolute Gasteiger partial charge is 0.224 e. The van der Waals surface area contributed by atoms with Crippen LogP contribution in [0.25, 0.3) is 0 Å². The first-order valence-corrected chi connectivity index (χ1v) is 7.05. The van der Waals surface area contributed by atoms with Gasteiger partial charge in [-0.2, -0.15) is 10.2 Å². The predicted octanol–water partition coefficient (Wildman–Crippen LogP) is 3.52. The van der Waals surface area contributed by atoms with Gasteiger partial charge in [0.2, 0.25) is 5.88 Å². The summed E-state index contributed by atoms with van der Waals surface area (Å²) >= 11 is 0. The van der Waals surface area contributed by atoms with Crippen LogP contribution in [0.5, 0.6) is 11.6 Å². The van der Waals surface area contributed by atoms with E-state index >= 15 is 0 Å². The van der Waals surface area contributed by atoms with E-state index in [4.69, 9.17) is 10.00 Å². The van der Waals surface area contributed by atoms with Crippen LogP contribution < -0.4 is 10.1 Å². The Hall–Kier alpha value is -2.61. The van der Waals surface area contributed by atoms with Crippen molar-refractivity contribution in [1.82, 2.24) is 9.97 Å². The van der Waals surface area contributed by atoms with Crippen LogP contribution in [0.15, 0.2) is 30.3 Å². The molecule has 5 heteroatoms. The molecule has 0 saturated carbocycles. The van der Waals surface area contributed by atoms with E-state index in [1.807, 2.05) is 6.92 Å². The SMILES string of the molecule is CCCNc1cc(Oc2cccc(C#N)c2)nc(CC)n1. The van der Waals surface area contributed by atoms with Crippen molar-refractivity contribution in [3.8, 4) is 17.7 Å². The van der Waals surface area contributed by atoms with Crippen molar-refractivity contribution < 1.29 is 4.74 Å². The molecular formula is C16H18N4O. The van der Waals surface area contributed by atoms with Crippen LogP contribution in [0, 0.1) is 11.3 Å². The van der Waals surface area contributed by atoms with E-state index in [0.29, 0.717) is 17.2 Å². The number of aromatic nitrogens is 2. The van der Waals surface area contributed by atoms with Crippen LogP contribution >= 0.6 is 0 Å². The molecule has 1 heterocycles. The van der Waals surface area contributed by atoms with Gasteiger partial charge in [0.05, 0.1) is 11.6 Å². The molecule has 0 aliphatic rings. The maximum Gasteiger partial charge on any atom is 0.224 e. The van der Waals surface area contributed by atoms with Crippen molar-refractivity contribution >= 4 is 5.82 Å². The molecule has 1 aromatic heterocycles. The number of nitriles is 1. The number of hydrogen-bond acceptors (Lipinski definition) is 5. The normalized spacial score (nSPS) is 9.95. The van der Waals surface area contributed by atoms with E-state index in [9.17, 15) is 0 Å². The fraction of sp³-hybridized carbons (Fsp3) is 0.312. The molecule has 21 heavy (non-hydrogen) atoms. The Bertz CT molecular complexity index is 649. The van der Waals surface area contributed by atoms with Gasteiger partial charge in [-0.25, -0.2) is 4.98 Å². The first-order valence-electron chi connectivity index (χ1n) is 7.05. The third-order valence-corrected chi connectivity index (χ3v) is 2.81. The van der Waals surface area contributed by atoms with E-state index < -0.39 is 0 Å². The zero-order valence-electron chi connectivity index (χ0n) is 12.3. The summed E-state index contributed by atoms with van der Waals surface area (Å²) in [7, 11) is 0. The Morgan fingerprint density at radius 3 is 2.81 bits per heavy atom. The highest BCUT2D eigenvalue weighted by molar-refractivity contribution is 5.42. The van der Waals surface area contributed by atoms with Crippen LogP contribution in [0.1, 0.15) is 31.7 Å². The van der Waals surface area contributed by atoms with Gasteiger partial charge in [0, 0.05) is 19.0 Å². The van der Waals surface area contributed by atoms with Crippen molar-refractivity contribution in [1.29, 1.82) is 5.26 Å². The van der Waals surface area contributed by atoms with Gasteiger partial charge in [0.25, 0.3) is 0 Å². The molecule has 108 valence electrons. The van der Waals surface area contributed by atoms with E-state index in [1.54, 1.807) is 30.3 Å². The van der Waals surface area contributed by atoms with Crippen molar-refractivity contribution in [2.45, 2.75) is 26.7 Å². The summed E-state index contributed by atoms with van der Waals surface area (Å²) in [6.07, 6.45) is 1.75. The Labute approximate surface area is 124 Å². The van der Waals surface area contributed by atoms with E-state index in [2.05, 4.69) is 28.3 Å². The van der Waals surface area contributed by atoms with E-state index in [-0.39, 0.29) is 0 Å². The molecule has 1 aromatic carbocycles. The zero-order valence-corrected chi connectivity index (χ0v) is 12.3. The monoisotopic (exact) mass is 282 g/mol. The summed E-state index contributed by atoms with van der Waals surface area (Å²) in [6.45, 7) is 4.95. The standard InChI is InChI=1S/C16H18N4O/c1-3-8-18-15-10-16(20-14(4-2)19-15)21-13-7-5-6-12(9-13)11-17/h5-7,9-10H,3-4,8H2,1-2H3,(H,18,19,20). The second-order valence-corrected chi connectivity index (χ2v) is 4.53. The average molecular weight is 282 g/mol. The zero-order chi connectivity index (χ0) is 15.1. The molecule has 0 atom stereocenters. The highest BCUT2D eigenvalue weighted by Gasteiger charge is 2.06. The quantitative estimate of drug-likeness (QED) is 0.877. The number of anilines is 1. The van der Waals surface area contributed by atoms with E-state index in [1.165, 1.54) is 0 Å². The van der Waals surface area contributed by atoms with Gasteiger partial charge < -0.3 is 10.1 Å². The first kappa shape index (κ1) is 14.8. The molecule has 1 N–H and O–H groups in total. The molecule has 0 unspecified atom stereocenters. The summed E-state index contributed by atoms with van der Waals surface area (Å²) in [4.78, 5) is 8.76. The highest BCUT2D eigenvalue weighted by Crippen LogP contribution is 2.22. The fourth-order valence-electron chi connectivity index (χ4n) is 1.78. The lowest BCUT2D eigenvalue weighted by molar-refractivity contribution is 0.459. The maximum absolute atomic E-state index is 8.91. The molecule has 0 spiro atoms. The second-order valence-electron chi connectivity index (χ2n) is 4.53. The number of benzene rings is 1. The third-order valence-electron chi connectivity index (χ3n) is 2.81. The summed E-state index contributed by atoms with van der Waals surface area (Å²) < 4.78 is 5.74. The average Bonchev–Trinajstić information content (AvgIpc) is 2.52. The Morgan fingerprint density at radius 2 is 2.10 bits per heavy atom. The maximum atomic E-state index is 8.91. The molecule has 0 aliphatic heterocycles. The van der Waals surface area contributed by atoms with Crippen LogP contribution in [0.4, 0.5) is 5.82 Å².